The molecular weight excluding hydrogens is 224 g/mol. The van der Waals surface area contributed by atoms with Crippen LogP contribution in [0.3, 0.4) is 0 Å². The molecule has 1 aliphatic rings. The minimum Gasteiger partial charge on any atom is -0.467 e. The molecule has 16 heavy (non-hydrogen) atoms. The third-order valence-corrected chi connectivity index (χ3v) is 2.24. The molecule has 0 aromatic rings. The van der Waals surface area contributed by atoms with Crippen molar-refractivity contribution in [2.75, 3.05) is 14.2 Å². The Hall–Kier alpha value is -0.770. The minimum absolute atomic E-state index is 0. The van der Waals surface area contributed by atoms with Crippen molar-refractivity contribution in [3.8, 4) is 0 Å². The molecule has 0 radical (unpaired) electrons. The molecule has 1 aliphatic heterocycles. The predicted molar refractivity (Wildman–Crippen MR) is 49.3 cm³/mol. The molecule has 0 saturated carbocycles. The van der Waals surface area contributed by atoms with Crippen LogP contribution >= 0.6 is 0 Å². The number of methoxy groups -OCH3 is 2. The van der Waals surface area contributed by atoms with Crippen LogP contribution in [0.5, 0.6) is 0 Å². The van der Waals surface area contributed by atoms with Crippen molar-refractivity contribution in [1.29, 1.82) is 0 Å². The second-order valence-corrected chi connectivity index (χ2v) is 3.16. The summed E-state index contributed by atoms with van der Waals surface area (Å²) >= 11 is 0. The molecule has 1 heterocycles. The Morgan fingerprint density at radius 1 is 1.12 bits per heavy atom. The average Bonchev–Trinajstić information content (AvgIpc) is 2.25. The topological polar surface area (TPSA) is 137 Å². The molecule has 0 aromatic carbocycles. The fourth-order valence-electron chi connectivity index (χ4n) is 1.35. The molecule has 8 heteroatoms. The number of esters is 1. The van der Waals surface area contributed by atoms with Crippen molar-refractivity contribution in [2.24, 2.45) is 0 Å². The monoisotopic (exact) mass is 240 g/mol. The predicted octanol–water partition coefficient (Wildman–Crippen LogP) is -3.21. The number of carbonyl (C=O) groups excluding carboxylic acids is 1. The van der Waals surface area contributed by atoms with Crippen LogP contribution in [-0.4, -0.2) is 71.7 Å². The second kappa shape index (κ2) is 6.09. The van der Waals surface area contributed by atoms with Gasteiger partial charge in [-0.25, -0.2) is 4.79 Å². The number of aliphatic hydroxyl groups excluding tert-OH is 3. The number of hydrogen-bond donors (Lipinski definition) is 3. The van der Waals surface area contributed by atoms with E-state index in [0.29, 0.717) is 0 Å². The van der Waals surface area contributed by atoms with Crippen LogP contribution in [0.25, 0.3) is 0 Å². The van der Waals surface area contributed by atoms with Gasteiger partial charge < -0.3 is 35.0 Å². The summed E-state index contributed by atoms with van der Waals surface area (Å²) in [7, 11) is 2.37. The number of ether oxygens (including phenoxy) is 3. The van der Waals surface area contributed by atoms with E-state index < -0.39 is 36.7 Å². The summed E-state index contributed by atoms with van der Waals surface area (Å²) in [5, 5.41) is 28.2. The lowest BCUT2D eigenvalue weighted by molar-refractivity contribution is -0.288. The first kappa shape index (κ1) is 15.2. The van der Waals surface area contributed by atoms with Crippen LogP contribution < -0.4 is 0 Å². The van der Waals surface area contributed by atoms with Gasteiger partial charge in [0.15, 0.2) is 12.4 Å². The molecule has 1 fully saturated rings. The van der Waals surface area contributed by atoms with E-state index in [1.165, 1.54) is 7.11 Å². The lowest BCUT2D eigenvalue weighted by atomic mass is 9.99. The summed E-state index contributed by atoms with van der Waals surface area (Å²) in [6.45, 7) is 0. The summed E-state index contributed by atoms with van der Waals surface area (Å²) in [5.41, 5.74) is 0. The Balaban J connectivity index is 0.00000225. The van der Waals surface area contributed by atoms with Crippen LogP contribution in [0.1, 0.15) is 0 Å². The van der Waals surface area contributed by atoms with Gasteiger partial charge in [0, 0.05) is 7.11 Å². The molecule has 8 nitrogen and oxygen atoms in total. The molecule has 0 bridgehead atoms. The molecule has 96 valence electrons. The van der Waals surface area contributed by atoms with E-state index in [9.17, 15) is 20.1 Å². The number of rotatable bonds is 2. The summed E-state index contributed by atoms with van der Waals surface area (Å²) < 4.78 is 14.0. The summed E-state index contributed by atoms with van der Waals surface area (Å²) in [6.07, 6.45) is -7.01. The molecule has 0 aliphatic carbocycles. The maximum atomic E-state index is 11.1. The average molecular weight is 240 g/mol. The van der Waals surface area contributed by atoms with Gasteiger partial charge in [-0.2, -0.15) is 0 Å². The second-order valence-electron chi connectivity index (χ2n) is 3.16. The highest BCUT2D eigenvalue weighted by atomic mass is 16.7. The third-order valence-electron chi connectivity index (χ3n) is 2.24. The van der Waals surface area contributed by atoms with E-state index in [-0.39, 0.29) is 5.48 Å². The van der Waals surface area contributed by atoms with Crippen LogP contribution in [0, 0.1) is 0 Å². The minimum atomic E-state index is -1.54. The van der Waals surface area contributed by atoms with E-state index in [4.69, 9.17) is 9.47 Å². The number of hydrogen-bond acceptors (Lipinski definition) is 7. The van der Waals surface area contributed by atoms with E-state index in [1.807, 2.05) is 0 Å². The SMILES string of the molecule is COC(=O)[C@H]1O[C@H](OC)[C@H](O)[C@@H](O)[C@H]1O.O. The van der Waals surface area contributed by atoms with Crippen molar-refractivity contribution in [1.82, 2.24) is 0 Å². The first-order valence-corrected chi connectivity index (χ1v) is 4.33. The molecule has 5 atom stereocenters. The van der Waals surface area contributed by atoms with Gasteiger partial charge in [0.05, 0.1) is 7.11 Å². The van der Waals surface area contributed by atoms with Gasteiger partial charge in [-0.1, -0.05) is 0 Å². The maximum Gasteiger partial charge on any atom is 0.337 e. The van der Waals surface area contributed by atoms with Gasteiger partial charge >= 0.3 is 5.97 Å². The Kier molecular flexibility index (Phi) is 5.79. The summed E-state index contributed by atoms with van der Waals surface area (Å²) in [5.74, 6) is -0.837. The molecule has 0 spiro atoms. The van der Waals surface area contributed by atoms with Crippen LogP contribution in [0.2, 0.25) is 0 Å². The largest absolute Gasteiger partial charge is 0.467 e. The fourth-order valence-corrected chi connectivity index (χ4v) is 1.35. The van der Waals surface area contributed by atoms with Crippen LogP contribution in [0.15, 0.2) is 0 Å². The van der Waals surface area contributed by atoms with Crippen molar-refractivity contribution in [2.45, 2.75) is 30.7 Å². The zero-order valence-corrected chi connectivity index (χ0v) is 8.86. The number of carbonyl (C=O) groups is 1. The van der Waals surface area contributed by atoms with E-state index in [0.717, 1.165) is 7.11 Å². The molecular formula is C8H16O8. The normalized spacial score (nSPS) is 38.7. The Bertz CT molecular complexity index is 230. The first-order chi connectivity index (χ1) is 7.02. The van der Waals surface area contributed by atoms with Gasteiger partial charge in [-0.15, -0.1) is 0 Å². The first-order valence-electron chi connectivity index (χ1n) is 4.33. The Labute approximate surface area is 91.7 Å². The highest BCUT2D eigenvalue weighted by Gasteiger charge is 2.47. The molecule has 1 rings (SSSR count). The smallest absolute Gasteiger partial charge is 0.337 e. The highest BCUT2D eigenvalue weighted by Crippen LogP contribution is 2.22. The van der Waals surface area contributed by atoms with Crippen molar-refractivity contribution in [3.63, 3.8) is 0 Å². The number of aliphatic hydroxyl groups is 3. The molecule has 5 N–H and O–H groups in total. The van der Waals surface area contributed by atoms with Crippen LogP contribution in [-0.2, 0) is 19.0 Å². The van der Waals surface area contributed by atoms with E-state index >= 15 is 0 Å². The Morgan fingerprint density at radius 2 is 1.69 bits per heavy atom. The van der Waals surface area contributed by atoms with E-state index in [1.54, 1.807) is 0 Å². The van der Waals surface area contributed by atoms with Gasteiger partial charge in [0.2, 0.25) is 0 Å². The molecule has 0 amide bonds. The third kappa shape index (κ3) is 2.67. The summed E-state index contributed by atoms with van der Waals surface area (Å²) in [6, 6.07) is 0. The van der Waals surface area contributed by atoms with Crippen molar-refractivity contribution in [3.05, 3.63) is 0 Å². The zero-order chi connectivity index (χ0) is 11.6. The van der Waals surface area contributed by atoms with E-state index in [2.05, 4.69) is 4.74 Å². The highest BCUT2D eigenvalue weighted by molar-refractivity contribution is 5.75. The zero-order valence-electron chi connectivity index (χ0n) is 8.86. The lowest BCUT2D eigenvalue weighted by Crippen LogP contribution is -2.60. The maximum absolute atomic E-state index is 11.1. The summed E-state index contributed by atoms with van der Waals surface area (Å²) in [4.78, 5) is 11.1. The van der Waals surface area contributed by atoms with Crippen molar-refractivity contribution >= 4 is 5.97 Å². The van der Waals surface area contributed by atoms with Gasteiger partial charge in [-0.3, -0.25) is 0 Å². The quantitative estimate of drug-likeness (QED) is 0.432. The molecule has 0 unspecified atom stereocenters. The van der Waals surface area contributed by atoms with Gasteiger partial charge in [-0.05, 0) is 0 Å². The fraction of sp³-hybridized carbons (Fsp3) is 0.875. The standard InChI is InChI=1S/C8H14O7.H2O/c1-13-7(12)6-4(10)3(9)5(11)8(14-2)15-6;/h3-6,8-11H,1-2H3;1H2/t3-,4+,5+,6-,8-;/m0./s1. The van der Waals surface area contributed by atoms with Gasteiger partial charge in [0.1, 0.15) is 18.3 Å². The molecule has 1 saturated heterocycles. The van der Waals surface area contributed by atoms with Crippen molar-refractivity contribution < 1.29 is 39.8 Å². The lowest BCUT2D eigenvalue weighted by Gasteiger charge is -2.38. The molecule has 0 aromatic heterocycles. The van der Waals surface area contributed by atoms with Gasteiger partial charge in [0.25, 0.3) is 0 Å². The Morgan fingerprint density at radius 3 is 2.12 bits per heavy atom. The van der Waals surface area contributed by atoms with Crippen LogP contribution in [0.4, 0.5) is 0 Å².